The molecule has 0 spiro atoms. The number of amides is 2. The number of rotatable bonds is 2. The summed E-state index contributed by atoms with van der Waals surface area (Å²) < 4.78 is 0. The third-order valence-corrected chi connectivity index (χ3v) is 2.64. The molecule has 0 atom stereocenters. The van der Waals surface area contributed by atoms with E-state index in [2.05, 4.69) is 16.2 Å². The standard InChI is InChI=1S/C14H19N3O2S/c1-14(2,3)12(19)15-13(20)17-16-11(18)9-10-7-5-4-6-8-10/h4-8H,9H2,1-3H3,(H,16,18)(H2,15,17,19,20). The molecule has 0 saturated carbocycles. The number of hydrogen-bond donors (Lipinski definition) is 3. The number of hydrogen-bond acceptors (Lipinski definition) is 3. The van der Waals surface area contributed by atoms with Gasteiger partial charge in [0.25, 0.3) is 0 Å². The van der Waals surface area contributed by atoms with Gasteiger partial charge >= 0.3 is 0 Å². The van der Waals surface area contributed by atoms with Gasteiger partial charge in [-0.25, -0.2) is 0 Å². The molecule has 1 rings (SSSR count). The van der Waals surface area contributed by atoms with E-state index in [9.17, 15) is 9.59 Å². The molecular weight excluding hydrogens is 274 g/mol. The van der Waals surface area contributed by atoms with E-state index >= 15 is 0 Å². The quantitative estimate of drug-likeness (QED) is 0.568. The number of hydrazine groups is 1. The first-order chi connectivity index (χ1) is 9.29. The molecule has 0 aromatic heterocycles. The van der Waals surface area contributed by atoms with E-state index in [0.29, 0.717) is 0 Å². The third-order valence-electron chi connectivity index (χ3n) is 2.43. The molecule has 1 aromatic rings. The van der Waals surface area contributed by atoms with Crippen molar-refractivity contribution in [3.8, 4) is 0 Å². The summed E-state index contributed by atoms with van der Waals surface area (Å²) in [5.74, 6) is -0.448. The number of nitrogens with one attached hydrogen (secondary N) is 3. The molecule has 0 fully saturated rings. The molecule has 5 nitrogen and oxygen atoms in total. The zero-order valence-electron chi connectivity index (χ0n) is 11.8. The maximum Gasteiger partial charge on any atom is 0.242 e. The van der Waals surface area contributed by atoms with Crippen molar-refractivity contribution in [3.05, 3.63) is 35.9 Å². The minimum Gasteiger partial charge on any atom is -0.301 e. The van der Waals surface area contributed by atoms with Crippen LogP contribution in [0.4, 0.5) is 0 Å². The van der Waals surface area contributed by atoms with E-state index in [4.69, 9.17) is 12.2 Å². The monoisotopic (exact) mass is 293 g/mol. The Morgan fingerprint density at radius 3 is 2.25 bits per heavy atom. The summed E-state index contributed by atoms with van der Waals surface area (Å²) >= 11 is 4.92. The highest BCUT2D eigenvalue weighted by Crippen LogP contribution is 2.11. The van der Waals surface area contributed by atoms with E-state index in [0.717, 1.165) is 5.56 Å². The SMILES string of the molecule is CC(C)(C)C(=O)NC(=S)NNC(=O)Cc1ccccc1. The summed E-state index contributed by atoms with van der Waals surface area (Å²) in [5.41, 5.74) is 5.31. The van der Waals surface area contributed by atoms with Crippen molar-refractivity contribution in [2.75, 3.05) is 0 Å². The highest BCUT2D eigenvalue weighted by molar-refractivity contribution is 7.80. The van der Waals surface area contributed by atoms with Crippen LogP contribution in [-0.4, -0.2) is 16.9 Å². The van der Waals surface area contributed by atoms with Crippen molar-refractivity contribution in [1.29, 1.82) is 0 Å². The van der Waals surface area contributed by atoms with Gasteiger partial charge in [0.05, 0.1) is 6.42 Å². The topological polar surface area (TPSA) is 70.2 Å². The van der Waals surface area contributed by atoms with Crippen LogP contribution < -0.4 is 16.2 Å². The summed E-state index contributed by atoms with van der Waals surface area (Å²) in [6.45, 7) is 5.33. The molecule has 0 heterocycles. The highest BCUT2D eigenvalue weighted by Gasteiger charge is 2.21. The van der Waals surface area contributed by atoms with Crippen molar-refractivity contribution >= 4 is 29.1 Å². The molecule has 0 saturated heterocycles. The van der Waals surface area contributed by atoms with Gasteiger partial charge in [0.2, 0.25) is 11.8 Å². The first kappa shape index (κ1) is 16.1. The van der Waals surface area contributed by atoms with E-state index in [-0.39, 0.29) is 23.3 Å². The first-order valence-electron chi connectivity index (χ1n) is 6.23. The van der Waals surface area contributed by atoms with Crippen molar-refractivity contribution in [2.24, 2.45) is 5.41 Å². The Balaban J connectivity index is 2.34. The van der Waals surface area contributed by atoms with Crippen molar-refractivity contribution in [2.45, 2.75) is 27.2 Å². The fourth-order valence-corrected chi connectivity index (χ4v) is 1.42. The van der Waals surface area contributed by atoms with Crippen molar-refractivity contribution in [3.63, 3.8) is 0 Å². The third kappa shape index (κ3) is 5.79. The van der Waals surface area contributed by atoms with E-state index < -0.39 is 5.41 Å². The number of benzene rings is 1. The van der Waals surface area contributed by atoms with Crippen molar-refractivity contribution in [1.82, 2.24) is 16.2 Å². The predicted octanol–water partition coefficient (Wildman–Crippen LogP) is 1.30. The molecule has 1 aromatic carbocycles. The maximum absolute atomic E-state index is 11.7. The maximum atomic E-state index is 11.7. The lowest BCUT2D eigenvalue weighted by Crippen LogP contribution is -2.51. The average molecular weight is 293 g/mol. The lowest BCUT2D eigenvalue weighted by Gasteiger charge is -2.18. The summed E-state index contributed by atoms with van der Waals surface area (Å²) in [4.78, 5) is 23.3. The van der Waals surface area contributed by atoms with Gasteiger partial charge in [0, 0.05) is 5.41 Å². The number of carbonyl (C=O) groups excluding carboxylic acids is 2. The average Bonchev–Trinajstić information content (AvgIpc) is 2.36. The summed E-state index contributed by atoms with van der Waals surface area (Å²) in [5, 5.41) is 2.58. The second-order valence-corrected chi connectivity index (χ2v) is 5.78. The van der Waals surface area contributed by atoms with E-state index in [1.165, 1.54) is 0 Å². The molecule has 0 bridgehead atoms. The zero-order chi connectivity index (χ0) is 15.2. The Labute approximate surface area is 124 Å². The second kappa shape index (κ2) is 7.00. The minimum atomic E-state index is -0.542. The molecule has 2 amide bonds. The lowest BCUT2D eigenvalue weighted by molar-refractivity contribution is -0.127. The molecule has 0 aliphatic rings. The van der Waals surface area contributed by atoms with Gasteiger partial charge in [-0.15, -0.1) is 0 Å². The predicted molar refractivity (Wildman–Crippen MR) is 81.6 cm³/mol. The number of carbonyl (C=O) groups is 2. The Hall–Kier alpha value is -1.95. The van der Waals surface area contributed by atoms with Crippen LogP contribution in [0.25, 0.3) is 0 Å². The summed E-state index contributed by atoms with van der Waals surface area (Å²) in [6.07, 6.45) is 0.240. The van der Waals surface area contributed by atoms with Gasteiger partial charge in [0.1, 0.15) is 0 Å². The molecule has 0 aliphatic carbocycles. The Morgan fingerprint density at radius 1 is 1.10 bits per heavy atom. The minimum absolute atomic E-state index is 0.0753. The van der Waals surface area contributed by atoms with Crippen LogP contribution in [0.2, 0.25) is 0 Å². The summed E-state index contributed by atoms with van der Waals surface area (Å²) in [7, 11) is 0. The fourth-order valence-electron chi connectivity index (χ4n) is 1.27. The van der Waals surface area contributed by atoms with Gasteiger partial charge in [0.15, 0.2) is 5.11 Å². The second-order valence-electron chi connectivity index (χ2n) is 5.37. The normalized spacial score (nSPS) is 10.6. The van der Waals surface area contributed by atoms with Gasteiger partial charge < -0.3 is 5.32 Å². The van der Waals surface area contributed by atoms with Gasteiger partial charge in [-0.1, -0.05) is 51.1 Å². The van der Waals surface area contributed by atoms with Crippen LogP contribution in [0.1, 0.15) is 26.3 Å². The lowest BCUT2D eigenvalue weighted by atomic mass is 9.96. The fraction of sp³-hybridized carbons (Fsp3) is 0.357. The molecular formula is C14H19N3O2S. The van der Waals surface area contributed by atoms with Crippen molar-refractivity contribution < 1.29 is 9.59 Å². The Kier molecular flexibility index (Phi) is 5.64. The molecule has 0 unspecified atom stereocenters. The molecule has 20 heavy (non-hydrogen) atoms. The highest BCUT2D eigenvalue weighted by atomic mass is 32.1. The van der Waals surface area contributed by atoms with Crippen LogP contribution in [0.15, 0.2) is 30.3 Å². The smallest absolute Gasteiger partial charge is 0.242 e. The van der Waals surface area contributed by atoms with E-state index in [1.54, 1.807) is 20.8 Å². The van der Waals surface area contributed by atoms with Gasteiger partial charge in [-0.05, 0) is 17.8 Å². The summed E-state index contributed by atoms with van der Waals surface area (Å²) in [6, 6.07) is 9.34. The van der Waals surface area contributed by atoms with Crippen LogP contribution >= 0.6 is 12.2 Å². The first-order valence-corrected chi connectivity index (χ1v) is 6.64. The van der Waals surface area contributed by atoms with Gasteiger partial charge in [-0.2, -0.15) is 0 Å². The molecule has 108 valence electrons. The molecule has 6 heteroatoms. The van der Waals surface area contributed by atoms with Crippen LogP contribution in [0.3, 0.4) is 0 Å². The largest absolute Gasteiger partial charge is 0.301 e. The molecule has 0 radical (unpaired) electrons. The number of thiocarbonyl (C=S) groups is 1. The molecule has 0 aliphatic heterocycles. The molecule has 3 N–H and O–H groups in total. The zero-order valence-corrected chi connectivity index (χ0v) is 12.6. The van der Waals surface area contributed by atoms with E-state index in [1.807, 2.05) is 30.3 Å². The Bertz CT molecular complexity index is 495. The van der Waals surface area contributed by atoms with Crippen LogP contribution in [0.5, 0.6) is 0 Å². The van der Waals surface area contributed by atoms with Crippen LogP contribution in [0, 0.1) is 5.41 Å². The van der Waals surface area contributed by atoms with Gasteiger partial charge in [-0.3, -0.25) is 20.4 Å². The van der Waals surface area contributed by atoms with Crippen LogP contribution in [-0.2, 0) is 16.0 Å². The Morgan fingerprint density at radius 2 is 1.70 bits per heavy atom.